The van der Waals surface area contributed by atoms with Crippen molar-refractivity contribution in [2.75, 3.05) is 13.7 Å². The lowest BCUT2D eigenvalue weighted by Crippen LogP contribution is -2.40. The van der Waals surface area contributed by atoms with E-state index in [9.17, 15) is 13.5 Å². The van der Waals surface area contributed by atoms with Crippen LogP contribution in [0.2, 0.25) is 5.02 Å². The van der Waals surface area contributed by atoms with Crippen molar-refractivity contribution in [1.29, 1.82) is 0 Å². The first-order valence-corrected chi connectivity index (χ1v) is 8.13. The van der Waals surface area contributed by atoms with E-state index in [0.717, 1.165) is 6.42 Å². The summed E-state index contributed by atoms with van der Waals surface area (Å²) in [7, 11) is -2.39. The molecule has 0 spiro atoms. The molecule has 0 radical (unpaired) electrons. The van der Waals surface area contributed by atoms with E-state index in [2.05, 4.69) is 4.72 Å². The molecule has 0 aromatic heterocycles. The fraction of sp³-hybridized carbons (Fsp3) is 0.538. The van der Waals surface area contributed by atoms with Crippen LogP contribution in [0.4, 0.5) is 0 Å². The van der Waals surface area contributed by atoms with E-state index in [1.54, 1.807) is 6.92 Å². The number of sulfonamides is 1. The summed E-state index contributed by atoms with van der Waals surface area (Å²) in [5, 5.41) is 10.4. The zero-order chi connectivity index (χ0) is 15.4. The first-order chi connectivity index (χ1) is 9.22. The molecule has 0 fully saturated rings. The third-order valence-corrected chi connectivity index (χ3v) is 4.52. The third-order valence-electron chi connectivity index (χ3n) is 2.85. The molecule has 5 nitrogen and oxygen atoms in total. The third kappa shape index (κ3) is 4.63. The minimum absolute atomic E-state index is 0.00306. The normalized spacial score (nSPS) is 14.8. The average Bonchev–Trinajstić information content (AvgIpc) is 2.36. The Morgan fingerprint density at radius 2 is 2.10 bits per heavy atom. The topological polar surface area (TPSA) is 75.6 Å². The van der Waals surface area contributed by atoms with Gasteiger partial charge in [0, 0.05) is 17.6 Å². The highest BCUT2D eigenvalue weighted by molar-refractivity contribution is 7.89. The summed E-state index contributed by atoms with van der Waals surface area (Å²) < 4.78 is 31.9. The lowest BCUT2D eigenvalue weighted by molar-refractivity contribution is 0.0554. The number of hydrogen-bond donors (Lipinski definition) is 2. The van der Waals surface area contributed by atoms with E-state index in [1.807, 2.05) is 6.92 Å². The Morgan fingerprint density at radius 3 is 2.65 bits per heavy atom. The molecule has 1 unspecified atom stereocenters. The number of halogens is 1. The van der Waals surface area contributed by atoms with Crippen molar-refractivity contribution < 1.29 is 18.3 Å². The second-order valence-electron chi connectivity index (χ2n) is 4.87. The number of nitrogens with one attached hydrogen (secondary N) is 1. The van der Waals surface area contributed by atoms with Crippen LogP contribution in [0.3, 0.4) is 0 Å². The first kappa shape index (κ1) is 17.2. The molecule has 0 saturated heterocycles. The zero-order valence-corrected chi connectivity index (χ0v) is 13.4. The highest BCUT2D eigenvalue weighted by Crippen LogP contribution is 2.27. The Labute approximate surface area is 125 Å². The molecule has 114 valence electrons. The van der Waals surface area contributed by atoms with E-state index in [4.69, 9.17) is 16.3 Å². The second-order valence-corrected chi connectivity index (χ2v) is 7.04. The minimum atomic E-state index is -3.76. The summed E-state index contributed by atoms with van der Waals surface area (Å²) in [5.41, 5.74) is -1.08. The number of ether oxygens (including phenoxy) is 1. The monoisotopic (exact) mass is 321 g/mol. The van der Waals surface area contributed by atoms with Crippen molar-refractivity contribution in [2.45, 2.75) is 37.2 Å². The molecule has 0 amide bonds. The largest absolute Gasteiger partial charge is 0.495 e. The zero-order valence-electron chi connectivity index (χ0n) is 11.8. The SMILES string of the molecule is CCCC(C)(O)CNS(=O)(=O)c1ccc(Cl)cc1OC. The summed E-state index contributed by atoms with van der Waals surface area (Å²) in [6, 6.07) is 4.28. The smallest absolute Gasteiger partial charge is 0.244 e. The van der Waals surface area contributed by atoms with Crippen LogP contribution in [-0.2, 0) is 10.0 Å². The van der Waals surface area contributed by atoms with E-state index >= 15 is 0 Å². The highest BCUT2D eigenvalue weighted by atomic mass is 35.5. The Kier molecular flexibility index (Phi) is 5.82. The van der Waals surface area contributed by atoms with Crippen LogP contribution >= 0.6 is 11.6 Å². The summed E-state index contributed by atoms with van der Waals surface area (Å²) in [6.45, 7) is 3.46. The van der Waals surface area contributed by atoms with Gasteiger partial charge in [0.25, 0.3) is 0 Å². The lowest BCUT2D eigenvalue weighted by Gasteiger charge is -2.23. The fourth-order valence-electron chi connectivity index (χ4n) is 1.82. The molecule has 20 heavy (non-hydrogen) atoms. The van der Waals surface area contributed by atoms with Gasteiger partial charge in [0.1, 0.15) is 10.6 Å². The van der Waals surface area contributed by atoms with Crippen molar-refractivity contribution in [3.8, 4) is 5.75 Å². The van der Waals surface area contributed by atoms with Crippen LogP contribution in [0.15, 0.2) is 23.1 Å². The Balaban J connectivity index is 2.95. The van der Waals surface area contributed by atoms with Gasteiger partial charge in [-0.3, -0.25) is 0 Å². The molecule has 0 aliphatic heterocycles. The van der Waals surface area contributed by atoms with E-state index in [0.29, 0.717) is 11.4 Å². The standard InChI is InChI=1S/C13H20ClNO4S/c1-4-7-13(2,16)9-15-20(17,18)12-6-5-10(14)8-11(12)19-3/h5-6,8,15-16H,4,7,9H2,1-3H3. The molecule has 0 heterocycles. The van der Waals surface area contributed by atoms with Gasteiger partial charge in [0.2, 0.25) is 10.0 Å². The van der Waals surface area contributed by atoms with Crippen LogP contribution in [0.25, 0.3) is 0 Å². The second kappa shape index (κ2) is 6.76. The van der Waals surface area contributed by atoms with Crippen molar-refractivity contribution in [1.82, 2.24) is 4.72 Å². The van der Waals surface area contributed by atoms with Crippen LogP contribution in [0, 0.1) is 0 Å². The summed E-state index contributed by atoms with van der Waals surface area (Å²) in [6.07, 6.45) is 1.27. The maximum absolute atomic E-state index is 12.2. The van der Waals surface area contributed by atoms with Crippen LogP contribution in [0.1, 0.15) is 26.7 Å². The molecule has 1 aromatic rings. The fourth-order valence-corrected chi connectivity index (χ4v) is 3.29. The quantitative estimate of drug-likeness (QED) is 0.807. The number of aliphatic hydroxyl groups is 1. The summed E-state index contributed by atoms with van der Waals surface area (Å²) >= 11 is 5.80. The molecule has 0 aliphatic rings. The van der Waals surface area contributed by atoms with Gasteiger partial charge in [-0.25, -0.2) is 13.1 Å². The molecule has 2 N–H and O–H groups in total. The van der Waals surface area contributed by atoms with Gasteiger partial charge in [0.15, 0.2) is 0 Å². The molecular weight excluding hydrogens is 302 g/mol. The van der Waals surface area contributed by atoms with Gasteiger partial charge in [0.05, 0.1) is 12.7 Å². The Hall–Kier alpha value is -0.820. The van der Waals surface area contributed by atoms with Gasteiger partial charge in [-0.05, 0) is 25.5 Å². The number of benzene rings is 1. The minimum Gasteiger partial charge on any atom is -0.495 e. The van der Waals surface area contributed by atoms with E-state index in [1.165, 1.54) is 25.3 Å². The maximum Gasteiger partial charge on any atom is 0.244 e. The number of methoxy groups -OCH3 is 1. The van der Waals surface area contributed by atoms with Crippen molar-refractivity contribution >= 4 is 21.6 Å². The highest BCUT2D eigenvalue weighted by Gasteiger charge is 2.25. The number of hydrogen-bond acceptors (Lipinski definition) is 4. The lowest BCUT2D eigenvalue weighted by atomic mass is 10.0. The predicted octanol–water partition coefficient (Wildman–Crippen LogP) is 2.18. The Bertz CT molecular complexity index is 557. The van der Waals surface area contributed by atoms with Crippen molar-refractivity contribution in [2.24, 2.45) is 0 Å². The van der Waals surface area contributed by atoms with Gasteiger partial charge >= 0.3 is 0 Å². The molecular formula is C13H20ClNO4S. The molecule has 7 heteroatoms. The molecule has 1 aromatic carbocycles. The molecule has 1 atom stereocenters. The van der Waals surface area contributed by atoms with E-state index < -0.39 is 15.6 Å². The maximum atomic E-state index is 12.2. The van der Waals surface area contributed by atoms with Crippen molar-refractivity contribution in [3.63, 3.8) is 0 Å². The molecule has 1 rings (SSSR count). The summed E-state index contributed by atoms with van der Waals surface area (Å²) in [4.78, 5) is -0.00306. The molecule has 0 saturated carbocycles. The predicted molar refractivity (Wildman–Crippen MR) is 78.7 cm³/mol. The van der Waals surface area contributed by atoms with Crippen LogP contribution < -0.4 is 9.46 Å². The van der Waals surface area contributed by atoms with Crippen LogP contribution in [-0.4, -0.2) is 32.8 Å². The first-order valence-electron chi connectivity index (χ1n) is 6.27. The van der Waals surface area contributed by atoms with Gasteiger partial charge in [-0.1, -0.05) is 24.9 Å². The average molecular weight is 322 g/mol. The van der Waals surface area contributed by atoms with E-state index in [-0.39, 0.29) is 17.2 Å². The molecule has 0 aliphatic carbocycles. The van der Waals surface area contributed by atoms with Crippen molar-refractivity contribution in [3.05, 3.63) is 23.2 Å². The van der Waals surface area contributed by atoms with Gasteiger partial charge in [-0.2, -0.15) is 0 Å². The van der Waals surface area contributed by atoms with Gasteiger partial charge in [-0.15, -0.1) is 0 Å². The summed E-state index contributed by atoms with van der Waals surface area (Å²) in [5.74, 6) is 0.167. The Morgan fingerprint density at radius 1 is 1.45 bits per heavy atom. The number of rotatable bonds is 7. The van der Waals surface area contributed by atoms with Gasteiger partial charge < -0.3 is 9.84 Å². The molecule has 0 bridgehead atoms. The van der Waals surface area contributed by atoms with Crippen LogP contribution in [0.5, 0.6) is 5.75 Å².